The highest BCUT2D eigenvalue weighted by Crippen LogP contribution is 2.35. The van der Waals surface area contributed by atoms with Crippen molar-refractivity contribution >= 4 is 34.8 Å². The molecular formula is C21H24N2O2S2. The number of Topliss-reactive ketones (excluding diaryl/α,β-unsaturated/α-hetero) is 1. The Kier molecular flexibility index (Phi) is 5.39. The van der Waals surface area contributed by atoms with Gasteiger partial charge in [-0.2, -0.15) is 0 Å². The molecule has 1 amide bonds. The number of hydrogen-bond acceptors (Lipinski definition) is 5. The summed E-state index contributed by atoms with van der Waals surface area (Å²) in [7, 11) is 0. The molecule has 3 aliphatic heterocycles. The number of nitrogens with zero attached hydrogens (tertiary/aromatic N) is 1. The van der Waals surface area contributed by atoms with Crippen molar-refractivity contribution in [2.75, 3.05) is 13.1 Å². The van der Waals surface area contributed by atoms with Crippen LogP contribution in [0.4, 0.5) is 0 Å². The predicted molar refractivity (Wildman–Crippen MR) is 110 cm³/mol. The maximum absolute atomic E-state index is 12.8. The number of hydrogen-bond donors (Lipinski definition) is 1. The van der Waals surface area contributed by atoms with Crippen LogP contribution >= 0.6 is 23.1 Å². The van der Waals surface area contributed by atoms with E-state index in [1.165, 1.54) is 37.3 Å². The highest BCUT2D eigenvalue weighted by atomic mass is 32.2. The minimum Gasteiger partial charge on any atom is -0.347 e. The number of fused-ring (bicyclic) bond motifs is 3. The summed E-state index contributed by atoms with van der Waals surface area (Å²) in [5, 5.41) is 3.30. The molecule has 1 N–H and O–H groups in total. The average molecular weight is 401 g/mol. The van der Waals surface area contributed by atoms with Crippen LogP contribution in [-0.4, -0.2) is 41.8 Å². The fourth-order valence-electron chi connectivity index (χ4n) is 4.14. The molecule has 2 atom stereocenters. The number of ketones is 1. The molecule has 1 aromatic carbocycles. The van der Waals surface area contributed by atoms with Gasteiger partial charge in [0.05, 0.1) is 9.09 Å². The zero-order chi connectivity index (χ0) is 19.0. The van der Waals surface area contributed by atoms with Crippen molar-refractivity contribution in [3.8, 4) is 0 Å². The molecule has 0 radical (unpaired) electrons. The summed E-state index contributed by atoms with van der Waals surface area (Å²) < 4.78 is 1.08. The Hall–Kier alpha value is -1.63. The quantitative estimate of drug-likeness (QED) is 0.760. The number of nitrogens with one attached hydrogen (secondary N) is 1. The molecule has 4 heterocycles. The molecule has 1 aromatic heterocycles. The fourth-order valence-corrected chi connectivity index (χ4v) is 6.14. The Bertz CT molecular complexity index is 836. The van der Waals surface area contributed by atoms with Crippen LogP contribution < -0.4 is 5.32 Å². The largest absolute Gasteiger partial charge is 0.347 e. The summed E-state index contributed by atoms with van der Waals surface area (Å²) in [6, 6.07) is 12.2. The van der Waals surface area contributed by atoms with Crippen LogP contribution in [0.5, 0.6) is 0 Å². The molecule has 3 fully saturated rings. The van der Waals surface area contributed by atoms with Crippen LogP contribution in [0.25, 0.3) is 0 Å². The van der Waals surface area contributed by atoms with Gasteiger partial charge in [0.2, 0.25) is 0 Å². The fraction of sp³-hybridized carbons (Fsp3) is 0.429. The lowest BCUT2D eigenvalue weighted by Gasteiger charge is -2.49. The van der Waals surface area contributed by atoms with Gasteiger partial charge in [-0.05, 0) is 70.0 Å². The minimum atomic E-state index is 0.0457. The van der Waals surface area contributed by atoms with Gasteiger partial charge in [0.1, 0.15) is 0 Å². The molecule has 142 valence electrons. The molecule has 0 spiro atoms. The lowest BCUT2D eigenvalue weighted by molar-refractivity contribution is 0.0218. The maximum atomic E-state index is 12.8. The normalized spacial score (nSPS) is 26.7. The van der Waals surface area contributed by atoms with Gasteiger partial charge in [0.15, 0.2) is 5.78 Å². The summed E-state index contributed by atoms with van der Waals surface area (Å²) in [4.78, 5) is 28.5. The van der Waals surface area contributed by atoms with Crippen molar-refractivity contribution in [3.05, 3.63) is 46.8 Å². The number of amides is 1. The third-order valence-corrected chi connectivity index (χ3v) is 7.98. The molecule has 2 aromatic rings. The van der Waals surface area contributed by atoms with E-state index in [2.05, 4.69) is 17.1 Å². The van der Waals surface area contributed by atoms with Crippen molar-refractivity contribution < 1.29 is 9.59 Å². The third kappa shape index (κ3) is 3.98. The number of piperidine rings is 3. The Morgan fingerprint density at radius 2 is 1.81 bits per heavy atom. The van der Waals surface area contributed by atoms with Gasteiger partial charge in [-0.1, -0.05) is 23.9 Å². The van der Waals surface area contributed by atoms with E-state index in [4.69, 9.17) is 0 Å². The lowest BCUT2D eigenvalue weighted by Crippen LogP contribution is -2.62. The molecule has 6 heteroatoms. The van der Waals surface area contributed by atoms with Crippen LogP contribution in [0.15, 0.2) is 45.5 Å². The number of rotatable bonds is 5. The van der Waals surface area contributed by atoms with Crippen molar-refractivity contribution in [2.45, 2.75) is 47.9 Å². The molecule has 5 rings (SSSR count). The van der Waals surface area contributed by atoms with E-state index in [0.717, 1.165) is 19.5 Å². The minimum absolute atomic E-state index is 0.0457. The molecule has 0 unspecified atom stereocenters. The lowest BCUT2D eigenvalue weighted by atomic mass is 9.79. The summed E-state index contributed by atoms with van der Waals surface area (Å²) in [5.74, 6) is 0.732. The number of thiophene rings is 1. The Morgan fingerprint density at radius 1 is 1.11 bits per heavy atom. The smallest absolute Gasteiger partial charge is 0.261 e. The molecule has 0 saturated carbocycles. The number of carbonyl (C=O) groups excluding carboxylic acids is 2. The van der Waals surface area contributed by atoms with Gasteiger partial charge in [0.25, 0.3) is 5.91 Å². The summed E-state index contributed by atoms with van der Waals surface area (Å²) in [5.41, 5.74) is 0.720. The van der Waals surface area contributed by atoms with Crippen molar-refractivity contribution in [1.29, 1.82) is 0 Å². The monoisotopic (exact) mass is 400 g/mol. The predicted octanol–water partition coefficient (Wildman–Crippen LogP) is 4.31. The first kappa shape index (κ1) is 18.7. The standard InChI is InChI=1S/C21H24N2O2S2/c1-13-20(16-9-11-23(13)12-10-16)22-21(25)18-7-8-19(27-18)26-17-5-3-15(4-6-17)14(2)24/h3-8,13,16,20H,9-12H2,1-2H3,(H,22,25)/t13-,20-/m0/s1. The third-order valence-electron chi connectivity index (χ3n) is 5.76. The molecule has 2 bridgehead atoms. The highest BCUT2D eigenvalue weighted by Gasteiger charge is 2.40. The zero-order valence-electron chi connectivity index (χ0n) is 15.6. The number of carbonyl (C=O) groups is 2. The summed E-state index contributed by atoms with van der Waals surface area (Å²) in [6.07, 6.45) is 2.38. The molecule has 27 heavy (non-hydrogen) atoms. The maximum Gasteiger partial charge on any atom is 0.261 e. The van der Waals surface area contributed by atoms with E-state index in [0.29, 0.717) is 12.0 Å². The SMILES string of the molecule is CC(=O)c1ccc(Sc2ccc(C(=O)N[C@@H]3C4CCN(CC4)[C@H]3C)s2)cc1. The van der Waals surface area contributed by atoms with E-state index >= 15 is 0 Å². The number of benzene rings is 1. The van der Waals surface area contributed by atoms with Crippen LogP contribution in [0.3, 0.4) is 0 Å². The van der Waals surface area contributed by atoms with Crippen molar-refractivity contribution in [3.63, 3.8) is 0 Å². The van der Waals surface area contributed by atoms with Crippen LogP contribution in [0, 0.1) is 5.92 Å². The van der Waals surface area contributed by atoms with Gasteiger partial charge in [0, 0.05) is 22.5 Å². The molecule has 0 aliphatic carbocycles. The average Bonchev–Trinajstić information content (AvgIpc) is 3.14. The van der Waals surface area contributed by atoms with Gasteiger partial charge in [-0.25, -0.2) is 0 Å². The van der Waals surface area contributed by atoms with Crippen LogP contribution in [0.1, 0.15) is 46.7 Å². The first-order valence-electron chi connectivity index (χ1n) is 9.45. The van der Waals surface area contributed by atoms with Crippen molar-refractivity contribution in [2.24, 2.45) is 5.92 Å². The van der Waals surface area contributed by atoms with E-state index in [9.17, 15) is 9.59 Å². The van der Waals surface area contributed by atoms with Gasteiger partial charge in [-0.3, -0.25) is 14.5 Å². The molecule has 3 aliphatic rings. The summed E-state index contributed by atoms with van der Waals surface area (Å²) in [6.45, 7) is 6.14. The van der Waals surface area contributed by atoms with Gasteiger partial charge < -0.3 is 5.32 Å². The van der Waals surface area contributed by atoms with E-state index in [-0.39, 0.29) is 17.7 Å². The van der Waals surface area contributed by atoms with Gasteiger partial charge >= 0.3 is 0 Å². The molecule has 3 saturated heterocycles. The first-order valence-corrected chi connectivity index (χ1v) is 11.1. The van der Waals surface area contributed by atoms with Gasteiger partial charge in [-0.15, -0.1) is 11.3 Å². The second kappa shape index (κ2) is 7.78. The second-order valence-corrected chi connectivity index (χ2v) is 9.87. The zero-order valence-corrected chi connectivity index (χ0v) is 17.2. The Balaban J connectivity index is 1.40. The van der Waals surface area contributed by atoms with E-state index in [1.807, 2.05) is 36.4 Å². The van der Waals surface area contributed by atoms with E-state index in [1.54, 1.807) is 18.7 Å². The Labute approximate surface area is 168 Å². The summed E-state index contributed by atoms with van der Waals surface area (Å²) >= 11 is 3.15. The topological polar surface area (TPSA) is 49.4 Å². The second-order valence-electron chi connectivity index (χ2n) is 7.41. The van der Waals surface area contributed by atoms with Crippen LogP contribution in [-0.2, 0) is 0 Å². The Morgan fingerprint density at radius 3 is 2.44 bits per heavy atom. The van der Waals surface area contributed by atoms with E-state index < -0.39 is 0 Å². The highest BCUT2D eigenvalue weighted by molar-refractivity contribution is 8.01. The van der Waals surface area contributed by atoms with Crippen LogP contribution in [0.2, 0.25) is 0 Å². The molecular weight excluding hydrogens is 376 g/mol. The molecule has 4 nitrogen and oxygen atoms in total. The van der Waals surface area contributed by atoms with Crippen molar-refractivity contribution in [1.82, 2.24) is 10.2 Å². The first-order chi connectivity index (χ1) is 13.0.